The number of para-hydroxylation sites is 1. The number of sulfonamides is 1. The number of aromatic nitrogens is 1. The molecule has 4 heterocycles. The summed E-state index contributed by atoms with van der Waals surface area (Å²) in [6, 6.07) is 15.4. The van der Waals surface area contributed by atoms with E-state index < -0.39 is 62.6 Å². The van der Waals surface area contributed by atoms with Gasteiger partial charge >= 0.3 is 0 Å². The fourth-order valence-electron chi connectivity index (χ4n) is 7.88. The van der Waals surface area contributed by atoms with Crippen molar-refractivity contribution in [3.8, 4) is 17.0 Å². The largest absolute Gasteiger partial charge is 0.484 e. The molecule has 2 saturated carbocycles. The number of nitrogens with zero attached hydrogens (tertiary/aromatic N) is 2. The number of allylic oxidation sites excluding steroid dienone is 1. The maximum absolute atomic E-state index is 14.4. The minimum Gasteiger partial charge on any atom is -0.484 e. The Hall–Kier alpha value is -5.24. The van der Waals surface area contributed by atoms with Crippen LogP contribution in [0.4, 0.5) is 0 Å². The van der Waals surface area contributed by atoms with E-state index in [-0.39, 0.29) is 25.3 Å². The molecular formula is C41H45N5O8S. The number of aryl methyl sites for hydroxylation is 1. The fourth-order valence-corrected chi connectivity index (χ4v) is 9.25. The van der Waals surface area contributed by atoms with E-state index in [4.69, 9.17) is 14.1 Å². The molecule has 8 rings (SSSR count). The van der Waals surface area contributed by atoms with Gasteiger partial charge in [-0.3, -0.25) is 23.9 Å². The fraction of sp³-hybridized carbons (Fsp3) is 0.439. The van der Waals surface area contributed by atoms with Crippen molar-refractivity contribution in [3.63, 3.8) is 0 Å². The molecule has 3 fully saturated rings. The molecule has 2 aliphatic heterocycles. The zero-order valence-electron chi connectivity index (χ0n) is 30.9. The molecule has 5 atom stereocenters. The second kappa shape index (κ2) is 14.4. The molecule has 14 heteroatoms. The molecule has 13 nitrogen and oxygen atoms in total. The van der Waals surface area contributed by atoms with Crippen molar-refractivity contribution in [2.75, 3.05) is 6.54 Å². The zero-order chi connectivity index (χ0) is 38.5. The van der Waals surface area contributed by atoms with Gasteiger partial charge in [-0.05, 0) is 57.6 Å². The van der Waals surface area contributed by atoms with Crippen LogP contribution in [0.15, 0.2) is 71.2 Å². The first-order chi connectivity index (χ1) is 26.4. The number of fused-ring (bicyclic) bond motifs is 5. The van der Waals surface area contributed by atoms with Crippen molar-refractivity contribution < 1.29 is 36.7 Å². The third-order valence-corrected chi connectivity index (χ3v) is 13.0. The summed E-state index contributed by atoms with van der Waals surface area (Å²) in [7, 11) is -3.89. The first-order valence-electron chi connectivity index (χ1n) is 19.1. The quantitative estimate of drug-likeness (QED) is 0.223. The Labute approximate surface area is 319 Å². The highest BCUT2D eigenvalue weighted by Gasteiger charge is 2.62. The highest BCUT2D eigenvalue weighted by atomic mass is 32.2. The van der Waals surface area contributed by atoms with Gasteiger partial charge in [0.2, 0.25) is 27.7 Å². The summed E-state index contributed by atoms with van der Waals surface area (Å²) in [5.74, 6) is -2.20. The van der Waals surface area contributed by atoms with E-state index in [9.17, 15) is 27.6 Å². The van der Waals surface area contributed by atoms with E-state index in [1.807, 2.05) is 67.6 Å². The van der Waals surface area contributed by atoms with Crippen LogP contribution in [0.25, 0.3) is 33.3 Å². The highest BCUT2D eigenvalue weighted by Crippen LogP contribution is 2.46. The van der Waals surface area contributed by atoms with E-state index in [0.29, 0.717) is 60.2 Å². The molecule has 2 aromatic heterocycles. The second-order valence-electron chi connectivity index (χ2n) is 15.4. The summed E-state index contributed by atoms with van der Waals surface area (Å²) in [6.45, 7) is 3.37. The number of rotatable bonds is 7. The third-order valence-electron chi connectivity index (χ3n) is 11.2. The molecule has 0 bridgehead atoms. The Bertz CT molecular complexity index is 2320. The Morgan fingerprint density at radius 1 is 1.04 bits per heavy atom. The SMILES string of the molecule is CC(=O)N[C@H]1CCCCCC=C[C@@H]2C[C@@]2(C(=O)NS(=O)(=O)C2CC2)NC(=O)[C@@H]2C[C@@H](Oc3cc(-c4ccc(C)cc4)nc4c3oc3ccccc34)CN2C1=O. The topological polar surface area (TPSA) is 177 Å². The van der Waals surface area contributed by atoms with E-state index in [2.05, 4.69) is 15.4 Å². The summed E-state index contributed by atoms with van der Waals surface area (Å²) in [6.07, 6.45) is 7.77. The van der Waals surface area contributed by atoms with Crippen molar-refractivity contribution in [2.45, 2.75) is 101 Å². The monoisotopic (exact) mass is 767 g/mol. The lowest BCUT2D eigenvalue weighted by atomic mass is 10.0. The maximum Gasteiger partial charge on any atom is 0.259 e. The van der Waals surface area contributed by atoms with Gasteiger partial charge in [-0.1, -0.05) is 67.0 Å². The zero-order valence-corrected chi connectivity index (χ0v) is 31.7. The summed E-state index contributed by atoms with van der Waals surface area (Å²) in [5, 5.41) is 5.89. The first kappa shape index (κ1) is 36.7. The molecule has 55 heavy (non-hydrogen) atoms. The summed E-state index contributed by atoms with van der Waals surface area (Å²) >= 11 is 0. The van der Waals surface area contributed by atoms with Crippen LogP contribution in [-0.2, 0) is 29.2 Å². The van der Waals surface area contributed by atoms with Crippen LogP contribution in [0.3, 0.4) is 0 Å². The number of amides is 4. The number of nitrogens with one attached hydrogen (secondary N) is 3. The van der Waals surface area contributed by atoms with Crippen LogP contribution in [0, 0.1) is 12.8 Å². The lowest BCUT2D eigenvalue weighted by molar-refractivity contribution is -0.142. The number of benzene rings is 2. The van der Waals surface area contributed by atoms with E-state index in [1.165, 1.54) is 11.8 Å². The number of hydrogen-bond acceptors (Lipinski definition) is 9. The first-order valence-corrected chi connectivity index (χ1v) is 20.6. The molecule has 0 unspecified atom stereocenters. The minimum atomic E-state index is -3.89. The lowest BCUT2D eigenvalue weighted by Gasteiger charge is -2.29. The molecule has 3 N–H and O–H groups in total. The summed E-state index contributed by atoms with van der Waals surface area (Å²) in [5.41, 5.74) is 2.80. The van der Waals surface area contributed by atoms with Gasteiger partial charge in [0.25, 0.3) is 5.91 Å². The predicted molar refractivity (Wildman–Crippen MR) is 205 cm³/mol. The lowest BCUT2D eigenvalue weighted by Crippen LogP contribution is -2.58. The average Bonchev–Trinajstić information content (AvgIpc) is 4.05. The number of carbonyl (C=O) groups is 4. The van der Waals surface area contributed by atoms with Crippen LogP contribution >= 0.6 is 0 Å². The normalized spacial score (nSPS) is 26.0. The van der Waals surface area contributed by atoms with Gasteiger partial charge in [-0.15, -0.1) is 0 Å². The number of hydrogen-bond donors (Lipinski definition) is 3. The van der Waals surface area contributed by atoms with Crippen molar-refractivity contribution in [2.24, 2.45) is 5.92 Å². The van der Waals surface area contributed by atoms with Gasteiger partial charge in [0, 0.05) is 36.3 Å². The van der Waals surface area contributed by atoms with Crippen molar-refractivity contribution in [1.82, 2.24) is 25.2 Å². The molecule has 0 radical (unpaired) electrons. The maximum atomic E-state index is 14.4. The molecule has 1 saturated heterocycles. The number of ether oxygens (including phenoxy) is 1. The second-order valence-corrected chi connectivity index (χ2v) is 17.4. The minimum absolute atomic E-state index is 0.00943. The Morgan fingerprint density at radius 3 is 2.58 bits per heavy atom. The Balaban J connectivity index is 1.14. The number of furan rings is 1. The standard InChI is InChI=1S/C41H45N5O8S/c1-24-14-16-26(17-15-24)32-21-35(37-36(43-32)30-11-8-9-13-34(30)54-37)53-28-20-33-38(48)44-41(40(50)45-55(51,52)29-18-19-29)22-27(41)10-6-4-3-5-7-12-31(42-25(2)47)39(49)46(33)23-28/h6,8-11,13-17,21,27-29,31,33H,3-5,7,12,18-20,22-23H2,1-2H3,(H,42,47)(H,44,48)(H,45,50)/t27-,28-,31+,33+,41-/m1/s1. The molecule has 4 aromatic rings. The smallest absolute Gasteiger partial charge is 0.259 e. The third kappa shape index (κ3) is 7.43. The van der Waals surface area contributed by atoms with Gasteiger partial charge in [-0.25, -0.2) is 13.4 Å². The molecule has 2 aromatic carbocycles. The van der Waals surface area contributed by atoms with Crippen molar-refractivity contribution in [3.05, 3.63) is 72.3 Å². The van der Waals surface area contributed by atoms with Crippen LogP contribution in [-0.4, -0.2) is 77.5 Å². The molecule has 0 spiro atoms. The highest BCUT2D eigenvalue weighted by molar-refractivity contribution is 7.91. The van der Waals surface area contributed by atoms with E-state index in [0.717, 1.165) is 29.4 Å². The van der Waals surface area contributed by atoms with Crippen molar-refractivity contribution >= 4 is 55.7 Å². The van der Waals surface area contributed by atoms with Gasteiger partial charge in [0.15, 0.2) is 11.3 Å². The van der Waals surface area contributed by atoms with Gasteiger partial charge in [0.05, 0.1) is 17.5 Å². The van der Waals surface area contributed by atoms with Gasteiger partial charge in [-0.2, -0.15) is 0 Å². The van der Waals surface area contributed by atoms with Gasteiger partial charge in [0.1, 0.15) is 34.8 Å². The van der Waals surface area contributed by atoms with Crippen LogP contribution in [0.5, 0.6) is 5.75 Å². The van der Waals surface area contributed by atoms with Crippen LogP contribution in [0.2, 0.25) is 0 Å². The molecule has 288 valence electrons. The molecular weight excluding hydrogens is 723 g/mol. The number of pyridine rings is 1. The molecule has 4 amide bonds. The molecule has 2 aliphatic carbocycles. The Morgan fingerprint density at radius 2 is 1.82 bits per heavy atom. The van der Waals surface area contributed by atoms with Crippen LogP contribution in [0.1, 0.15) is 70.3 Å². The number of carbonyl (C=O) groups excluding carboxylic acids is 4. The Kier molecular flexibility index (Phi) is 9.64. The summed E-state index contributed by atoms with van der Waals surface area (Å²) < 4.78 is 40.9. The predicted octanol–water partition coefficient (Wildman–Crippen LogP) is 4.81. The summed E-state index contributed by atoms with van der Waals surface area (Å²) in [4.78, 5) is 61.3. The van der Waals surface area contributed by atoms with Crippen molar-refractivity contribution in [1.29, 1.82) is 0 Å². The van der Waals surface area contributed by atoms with E-state index in [1.54, 1.807) is 6.07 Å². The average molecular weight is 768 g/mol. The van der Waals surface area contributed by atoms with Gasteiger partial charge < -0.3 is 24.7 Å². The molecule has 4 aliphatic rings. The van der Waals surface area contributed by atoms with E-state index >= 15 is 0 Å². The van der Waals surface area contributed by atoms with Crippen LogP contribution < -0.4 is 20.1 Å².